The van der Waals surface area contributed by atoms with Crippen LogP contribution in [0.5, 0.6) is 0 Å². The van der Waals surface area contributed by atoms with Gasteiger partial charge in [0.15, 0.2) is 5.16 Å². The zero-order valence-electron chi connectivity index (χ0n) is 14.9. The molecule has 0 saturated heterocycles. The third kappa shape index (κ3) is 4.74. The number of carbonyl (C=O) groups is 1. The molecular formula is C20H20FN3O2S. The third-order valence-electron chi connectivity index (χ3n) is 4.00. The molecule has 7 heteroatoms. The molecule has 140 valence electrons. The summed E-state index contributed by atoms with van der Waals surface area (Å²) in [5, 5.41) is 3.74. The smallest absolute Gasteiger partial charge is 0.262 e. The fourth-order valence-electron chi connectivity index (χ4n) is 2.66. The zero-order valence-corrected chi connectivity index (χ0v) is 15.8. The highest BCUT2D eigenvalue weighted by Gasteiger charge is 2.13. The lowest BCUT2D eigenvalue weighted by Gasteiger charge is -2.12. The van der Waals surface area contributed by atoms with Gasteiger partial charge < -0.3 is 5.32 Å². The molecule has 1 heterocycles. The van der Waals surface area contributed by atoms with E-state index in [2.05, 4.69) is 17.2 Å². The molecule has 0 saturated carbocycles. The van der Waals surface area contributed by atoms with Gasteiger partial charge in [-0.05, 0) is 36.8 Å². The van der Waals surface area contributed by atoms with Gasteiger partial charge in [-0.1, -0.05) is 43.3 Å². The molecule has 0 aliphatic rings. The number of thioether (sulfide) groups is 1. The van der Waals surface area contributed by atoms with Crippen LogP contribution in [0.2, 0.25) is 0 Å². The molecule has 0 aliphatic carbocycles. The highest BCUT2D eigenvalue weighted by atomic mass is 32.2. The average Bonchev–Trinajstić information content (AvgIpc) is 2.66. The van der Waals surface area contributed by atoms with Crippen LogP contribution in [0.15, 0.2) is 58.5 Å². The Labute approximate surface area is 160 Å². The average molecular weight is 385 g/mol. The van der Waals surface area contributed by atoms with Crippen molar-refractivity contribution in [1.82, 2.24) is 9.55 Å². The largest absolute Gasteiger partial charge is 0.325 e. The molecule has 0 radical (unpaired) electrons. The molecule has 1 amide bonds. The second-order valence-electron chi connectivity index (χ2n) is 6.07. The van der Waals surface area contributed by atoms with E-state index in [4.69, 9.17) is 0 Å². The van der Waals surface area contributed by atoms with E-state index in [1.807, 2.05) is 12.1 Å². The number of benzene rings is 2. The van der Waals surface area contributed by atoms with Crippen LogP contribution in [0.4, 0.5) is 10.1 Å². The van der Waals surface area contributed by atoms with Crippen molar-refractivity contribution in [3.05, 3.63) is 64.7 Å². The Balaban J connectivity index is 1.80. The van der Waals surface area contributed by atoms with Crippen molar-refractivity contribution in [3.63, 3.8) is 0 Å². The van der Waals surface area contributed by atoms with Crippen molar-refractivity contribution < 1.29 is 9.18 Å². The minimum Gasteiger partial charge on any atom is -0.325 e. The van der Waals surface area contributed by atoms with Crippen molar-refractivity contribution in [2.45, 2.75) is 31.5 Å². The number of aromatic nitrogens is 2. The van der Waals surface area contributed by atoms with E-state index >= 15 is 0 Å². The van der Waals surface area contributed by atoms with Crippen LogP contribution in [-0.2, 0) is 11.3 Å². The summed E-state index contributed by atoms with van der Waals surface area (Å²) in [6, 6.07) is 12.9. The summed E-state index contributed by atoms with van der Waals surface area (Å²) in [7, 11) is 0. The Morgan fingerprint density at radius 3 is 2.81 bits per heavy atom. The number of hydrogen-bond acceptors (Lipinski definition) is 4. The number of nitrogens with one attached hydrogen (secondary N) is 1. The maximum Gasteiger partial charge on any atom is 0.262 e. The SMILES string of the molecule is CCCCn1c(SCC(=O)Nc2cccc(F)c2)nc2ccccc2c1=O. The Morgan fingerprint density at radius 2 is 2.04 bits per heavy atom. The summed E-state index contributed by atoms with van der Waals surface area (Å²) < 4.78 is 14.9. The van der Waals surface area contributed by atoms with Crippen LogP contribution >= 0.6 is 11.8 Å². The van der Waals surface area contributed by atoms with E-state index in [9.17, 15) is 14.0 Å². The quantitative estimate of drug-likeness (QED) is 0.492. The monoisotopic (exact) mass is 385 g/mol. The van der Waals surface area contributed by atoms with Crippen LogP contribution in [-0.4, -0.2) is 21.2 Å². The Hall–Kier alpha value is -2.67. The predicted octanol–water partition coefficient (Wildman–Crippen LogP) is 4.07. The molecule has 0 bridgehead atoms. The van der Waals surface area contributed by atoms with Gasteiger partial charge in [0.1, 0.15) is 5.82 Å². The number of unbranched alkanes of at least 4 members (excludes halogenated alkanes) is 1. The summed E-state index contributed by atoms with van der Waals surface area (Å²) in [6.07, 6.45) is 1.80. The Bertz CT molecular complexity index is 1020. The van der Waals surface area contributed by atoms with Crippen LogP contribution in [0.1, 0.15) is 19.8 Å². The fourth-order valence-corrected chi connectivity index (χ4v) is 3.49. The van der Waals surface area contributed by atoms with E-state index in [0.717, 1.165) is 12.8 Å². The van der Waals surface area contributed by atoms with E-state index < -0.39 is 5.82 Å². The summed E-state index contributed by atoms with van der Waals surface area (Å²) in [6.45, 7) is 2.61. The maximum atomic E-state index is 13.2. The van der Waals surface area contributed by atoms with Crippen molar-refractivity contribution >= 4 is 34.3 Å². The number of para-hydroxylation sites is 1. The molecule has 0 atom stereocenters. The van der Waals surface area contributed by atoms with E-state index in [1.54, 1.807) is 22.8 Å². The van der Waals surface area contributed by atoms with Gasteiger partial charge in [-0.15, -0.1) is 0 Å². The van der Waals surface area contributed by atoms with Gasteiger partial charge in [0, 0.05) is 12.2 Å². The number of anilines is 1. The first-order valence-corrected chi connectivity index (χ1v) is 9.75. The van der Waals surface area contributed by atoms with Crippen molar-refractivity contribution in [3.8, 4) is 0 Å². The number of amides is 1. The number of rotatable bonds is 7. The first-order chi connectivity index (χ1) is 13.1. The maximum absolute atomic E-state index is 13.2. The second-order valence-corrected chi connectivity index (χ2v) is 7.01. The van der Waals surface area contributed by atoms with Crippen molar-refractivity contribution in [2.75, 3.05) is 11.1 Å². The molecule has 1 aromatic heterocycles. The van der Waals surface area contributed by atoms with Crippen molar-refractivity contribution in [1.29, 1.82) is 0 Å². The molecule has 1 N–H and O–H groups in total. The third-order valence-corrected chi connectivity index (χ3v) is 4.98. The summed E-state index contributed by atoms with van der Waals surface area (Å²) >= 11 is 1.20. The molecule has 5 nitrogen and oxygen atoms in total. The first-order valence-electron chi connectivity index (χ1n) is 8.76. The second kappa shape index (κ2) is 8.81. The first kappa shape index (κ1) is 19.1. The van der Waals surface area contributed by atoms with Gasteiger partial charge >= 0.3 is 0 Å². The van der Waals surface area contributed by atoms with Crippen LogP contribution in [0.25, 0.3) is 10.9 Å². The molecule has 3 aromatic rings. The number of halogens is 1. The van der Waals surface area contributed by atoms with E-state index in [0.29, 0.717) is 28.3 Å². The lowest BCUT2D eigenvalue weighted by Crippen LogP contribution is -2.24. The van der Waals surface area contributed by atoms with Gasteiger partial charge in [0.2, 0.25) is 5.91 Å². The molecule has 0 fully saturated rings. The predicted molar refractivity (Wildman–Crippen MR) is 107 cm³/mol. The molecule has 0 unspecified atom stereocenters. The minimum atomic E-state index is -0.412. The molecule has 0 aliphatic heterocycles. The lowest BCUT2D eigenvalue weighted by atomic mass is 10.2. The standard InChI is InChI=1S/C20H20FN3O2S/c1-2-3-11-24-19(26)16-9-4-5-10-17(16)23-20(24)27-13-18(25)22-15-8-6-7-14(21)12-15/h4-10,12H,2-3,11,13H2,1H3,(H,22,25). The summed E-state index contributed by atoms with van der Waals surface area (Å²) in [4.78, 5) is 29.6. The van der Waals surface area contributed by atoms with E-state index in [1.165, 1.54) is 30.0 Å². The topological polar surface area (TPSA) is 64.0 Å². The molecule has 2 aromatic carbocycles. The molecule has 3 rings (SSSR count). The number of carbonyl (C=O) groups excluding carboxylic acids is 1. The molecular weight excluding hydrogens is 365 g/mol. The van der Waals surface area contributed by atoms with E-state index in [-0.39, 0.29) is 17.2 Å². The number of fused-ring (bicyclic) bond motifs is 1. The number of nitrogens with zero attached hydrogens (tertiary/aromatic N) is 2. The van der Waals surface area contributed by atoms with Crippen LogP contribution in [0, 0.1) is 5.82 Å². The van der Waals surface area contributed by atoms with Gasteiger partial charge in [0.25, 0.3) is 5.56 Å². The zero-order chi connectivity index (χ0) is 19.2. The summed E-state index contributed by atoms with van der Waals surface area (Å²) in [5.74, 6) is -0.618. The van der Waals surface area contributed by atoms with Gasteiger partial charge in [-0.3, -0.25) is 14.2 Å². The Kier molecular flexibility index (Phi) is 6.24. The fraction of sp³-hybridized carbons (Fsp3) is 0.250. The highest BCUT2D eigenvalue weighted by Crippen LogP contribution is 2.19. The molecule has 0 spiro atoms. The van der Waals surface area contributed by atoms with Gasteiger partial charge in [-0.2, -0.15) is 0 Å². The molecule has 27 heavy (non-hydrogen) atoms. The van der Waals surface area contributed by atoms with Gasteiger partial charge in [0.05, 0.1) is 16.7 Å². The lowest BCUT2D eigenvalue weighted by molar-refractivity contribution is -0.113. The van der Waals surface area contributed by atoms with Gasteiger partial charge in [-0.25, -0.2) is 9.37 Å². The van der Waals surface area contributed by atoms with Crippen LogP contribution in [0.3, 0.4) is 0 Å². The normalized spacial score (nSPS) is 10.9. The minimum absolute atomic E-state index is 0.0768. The Morgan fingerprint density at radius 1 is 1.22 bits per heavy atom. The van der Waals surface area contributed by atoms with Crippen molar-refractivity contribution in [2.24, 2.45) is 0 Å². The van der Waals surface area contributed by atoms with Crippen LogP contribution < -0.4 is 10.9 Å². The summed E-state index contributed by atoms with van der Waals surface area (Å²) in [5.41, 5.74) is 0.917. The number of hydrogen-bond donors (Lipinski definition) is 1. The highest BCUT2D eigenvalue weighted by molar-refractivity contribution is 7.99.